The molecule has 0 unspecified atom stereocenters. The normalized spacial score (nSPS) is 12.1. The standard InChI is InChI=1S/C16H17NO11S2/c18-14(8-27-4-5-28-9-15(19)20)17-12-3-1-2-10-6-11(29(21,22)23)7-13(16(10)12)30(24,25)26/h1-3,6-7H,4-5,8-9H2,(H,17,18)(H,19,20)(H,21,22,23)(H,24,25,26). The first-order chi connectivity index (χ1) is 13.9. The Kier molecular flexibility index (Phi) is 7.46. The van der Waals surface area contributed by atoms with Crippen LogP contribution in [0.5, 0.6) is 0 Å². The monoisotopic (exact) mass is 463 g/mol. The topological polar surface area (TPSA) is 194 Å². The molecule has 14 heteroatoms. The summed E-state index contributed by atoms with van der Waals surface area (Å²) in [7, 11) is -9.70. The fourth-order valence-electron chi connectivity index (χ4n) is 2.45. The molecular weight excluding hydrogens is 446 g/mol. The molecule has 0 atom stereocenters. The van der Waals surface area contributed by atoms with Gasteiger partial charge < -0.3 is 19.9 Å². The molecule has 0 fully saturated rings. The highest BCUT2D eigenvalue weighted by molar-refractivity contribution is 7.86. The van der Waals surface area contributed by atoms with Gasteiger partial charge in [0.25, 0.3) is 20.2 Å². The lowest BCUT2D eigenvalue weighted by Gasteiger charge is -2.13. The van der Waals surface area contributed by atoms with Crippen molar-refractivity contribution >= 4 is 48.6 Å². The molecule has 164 valence electrons. The molecule has 0 bridgehead atoms. The highest BCUT2D eigenvalue weighted by atomic mass is 32.2. The van der Waals surface area contributed by atoms with Crippen molar-refractivity contribution in [2.75, 3.05) is 31.7 Å². The summed E-state index contributed by atoms with van der Waals surface area (Å²) in [4.78, 5) is 20.8. The zero-order chi connectivity index (χ0) is 22.5. The van der Waals surface area contributed by atoms with Gasteiger partial charge in [-0.15, -0.1) is 0 Å². The van der Waals surface area contributed by atoms with Crippen LogP contribution in [0, 0.1) is 0 Å². The average molecular weight is 463 g/mol. The SMILES string of the molecule is O=C(O)COCCOCC(=O)Nc1cccc2cc(S(=O)(=O)O)cc(S(=O)(=O)O)c12. The van der Waals surface area contributed by atoms with Gasteiger partial charge in [0.2, 0.25) is 5.91 Å². The fraction of sp³-hybridized carbons (Fsp3) is 0.250. The Hall–Kier alpha value is -2.62. The minimum absolute atomic E-state index is 0.0125. The summed E-state index contributed by atoms with van der Waals surface area (Å²) < 4.78 is 74.8. The summed E-state index contributed by atoms with van der Waals surface area (Å²) in [5, 5.41) is 10.6. The number of anilines is 1. The number of benzene rings is 2. The van der Waals surface area contributed by atoms with Gasteiger partial charge in [0.1, 0.15) is 18.1 Å². The largest absolute Gasteiger partial charge is 0.480 e. The van der Waals surface area contributed by atoms with Crippen LogP contribution < -0.4 is 5.32 Å². The zero-order valence-electron chi connectivity index (χ0n) is 15.1. The third kappa shape index (κ3) is 6.45. The number of carboxylic acid groups (broad SMARTS) is 1. The molecule has 4 N–H and O–H groups in total. The van der Waals surface area contributed by atoms with Gasteiger partial charge in [-0.1, -0.05) is 12.1 Å². The molecule has 2 aromatic carbocycles. The van der Waals surface area contributed by atoms with E-state index in [1.807, 2.05) is 0 Å². The van der Waals surface area contributed by atoms with Crippen LogP contribution in [0.3, 0.4) is 0 Å². The van der Waals surface area contributed by atoms with Crippen LogP contribution in [-0.4, -0.2) is 69.4 Å². The van der Waals surface area contributed by atoms with E-state index in [0.29, 0.717) is 6.07 Å². The van der Waals surface area contributed by atoms with Crippen LogP contribution in [-0.2, 0) is 39.3 Å². The Balaban J connectivity index is 2.26. The first-order valence-corrected chi connectivity index (χ1v) is 11.0. The summed E-state index contributed by atoms with van der Waals surface area (Å²) in [5.74, 6) is -1.86. The van der Waals surface area contributed by atoms with Crippen LogP contribution >= 0.6 is 0 Å². The van der Waals surface area contributed by atoms with Crippen LogP contribution in [0.2, 0.25) is 0 Å². The van der Waals surface area contributed by atoms with Crippen molar-refractivity contribution in [2.24, 2.45) is 0 Å². The van der Waals surface area contributed by atoms with Gasteiger partial charge in [-0.3, -0.25) is 13.9 Å². The molecular formula is C16H17NO11S2. The van der Waals surface area contributed by atoms with Gasteiger partial charge in [-0.2, -0.15) is 16.8 Å². The van der Waals surface area contributed by atoms with E-state index in [-0.39, 0.29) is 29.7 Å². The van der Waals surface area contributed by atoms with Crippen molar-refractivity contribution in [1.82, 2.24) is 0 Å². The minimum Gasteiger partial charge on any atom is -0.480 e. The van der Waals surface area contributed by atoms with Crippen LogP contribution in [0.1, 0.15) is 0 Å². The van der Waals surface area contributed by atoms with Crippen molar-refractivity contribution in [3.63, 3.8) is 0 Å². The molecule has 0 aliphatic heterocycles. The lowest BCUT2D eigenvalue weighted by Crippen LogP contribution is -2.20. The second kappa shape index (κ2) is 9.46. The van der Waals surface area contributed by atoms with E-state index in [0.717, 1.165) is 6.07 Å². The molecule has 0 saturated heterocycles. The van der Waals surface area contributed by atoms with Gasteiger partial charge >= 0.3 is 5.97 Å². The third-order valence-corrected chi connectivity index (χ3v) is 5.30. The maximum absolute atomic E-state index is 12.1. The number of ether oxygens (including phenoxy) is 2. The number of carboxylic acids is 1. The molecule has 0 aromatic heterocycles. The maximum atomic E-state index is 12.1. The lowest BCUT2D eigenvalue weighted by atomic mass is 10.1. The predicted octanol–water partition coefficient (Wildman–Crippen LogP) is 0.390. The van der Waals surface area contributed by atoms with Gasteiger partial charge in [0.15, 0.2) is 0 Å². The van der Waals surface area contributed by atoms with Crippen molar-refractivity contribution in [1.29, 1.82) is 0 Å². The van der Waals surface area contributed by atoms with Gasteiger partial charge in [-0.25, -0.2) is 4.79 Å². The minimum atomic E-state index is -4.93. The Morgan fingerprint density at radius 1 is 0.933 bits per heavy atom. The Morgan fingerprint density at radius 3 is 2.13 bits per heavy atom. The number of hydrogen-bond donors (Lipinski definition) is 4. The number of aliphatic carboxylic acids is 1. The average Bonchev–Trinajstić information content (AvgIpc) is 2.62. The second-order valence-electron chi connectivity index (χ2n) is 5.82. The van der Waals surface area contributed by atoms with E-state index >= 15 is 0 Å². The predicted molar refractivity (Wildman–Crippen MR) is 101 cm³/mol. The van der Waals surface area contributed by atoms with E-state index in [9.17, 15) is 35.5 Å². The van der Waals surface area contributed by atoms with Crippen LogP contribution in [0.25, 0.3) is 10.8 Å². The summed E-state index contributed by atoms with van der Waals surface area (Å²) in [5.41, 5.74) is -0.0576. The van der Waals surface area contributed by atoms with Crippen molar-refractivity contribution < 1.29 is 50.1 Å². The zero-order valence-corrected chi connectivity index (χ0v) is 16.8. The van der Waals surface area contributed by atoms with E-state index < -0.39 is 55.1 Å². The highest BCUT2D eigenvalue weighted by Gasteiger charge is 2.22. The molecule has 30 heavy (non-hydrogen) atoms. The first kappa shape index (κ1) is 23.7. The second-order valence-corrected chi connectivity index (χ2v) is 8.63. The Morgan fingerprint density at radius 2 is 1.57 bits per heavy atom. The molecule has 0 aliphatic carbocycles. The van der Waals surface area contributed by atoms with Crippen molar-refractivity contribution in [3.05, 3.63) is 30.3 Å². The van der Waals surface area contributed by atoms with Crippen LogP contribution in [0.4, 0.5) is 5.69 Å². The van der Waals surface area contributed by atoms with Gasteiger partial charge in [0.05, 0.1) is 23.8 Å². The van der Waals surface area contributed by atoms with E-state index in [1.54, 1.807) is 0 Å². The first-order valence-electron chi connectivity index (χ1n) is 8.08. The van der Waals surface area contributed by atoms with Gasteiger partial charge in [0, 0.05) is 5.39 Å². The van der Waals surface area contributed by atoms with E-state index in [2.05, 4.69) is 5.32 Å². The number of rotatable bonds is 10. The molecule has 2 aromatic rings. The summed E-state index contributed by atoms with van der Waals surface area (Å²) in [6, 6.07) is 5.58. The summed E-state index contributed by atoms with van der Waals surface area (Å²) >= 11 is 0. The smallest absolute Gasteiger partial charge is 0.329 e. The Labute approximate surface area is 170 Å². The molecule has 1 amide bonds. The summed E-state index contributed by atoms with van der Waals surface area (Å²) in [6.45, 7) is -1.14. The Bertz CT molecular complexity index is 1170. The van der Waals surface area contributed by atoms with Crippen LogP contribution in [0.15, 0.2) is 40.1 Å². The molecule has 0 radical (unpaired) electrons. The molecule has 2 rings (SSSR count). The van der Waals surface area contributed by atoms with Crippen molar-refractivity contribution in [3.8, 4) is 0 Å². The number of nitrogens with one attached hydrogen (secondary N) is 1. The third-order valence-electron chi connectivity index (χ3n) is 3.59. The van der Waals surface area contributed by atoms with E-state index in [4.69, 9.17) is 14.6 Å². The number of carbonyl (C=O) groups excluding carboxylic acids is 1. The molecule has 12 nitrogen and oxygen atoms in total. The lowest BCUT2D eigenvalue weighted by molar-refractivity contribution is -0.143. The number of hydrogen-bond acceptors (Lipinski definition) is 8. The summed E-state index contributed by atoms with van der Waals surface area (Å²) in [6.07, 6.45) is 0. The van der Waals surface area contributed by atoms with E-state index in [1.165, 1.54) is 18.2 Å². The molecule has 0 heterocycles. The van der Waals surface area contributed by atoms with Crippen molar-refractivity contribution in [2.45, 2.75) is 9.79 Å². The number of carbonyl (C=O) groups is 2. The molecule has 0 aliphatic rings. The number of amides is 1. The van der Waals surface area contributed by atoms with Gasteiger partial charge in [-0.05, 0) is 23.6 Å². The maximum Gasteiger partial charge on any atom is 0.329 e. The highest BCUT2D eigenvalue weighted by Crippen LogP contribution is 2.32. The number of fused-ring (bicyclic) bond motifs is 1. The quantitative estimate of drug-likeness (QED) is 0.281. The molecule has 0 spiro atoms. The molecule has 0 saturated carbocycles. The fourth-order valence-corrected chi connectivity index (χ4v) is 3.83.